The number of hydroxylamine groups is 1. The fourth-order valence-electron chi connectivity index (χ4n) is 2.43. The van der Waals surface area contributed by atoms with E-state index >= 15 is 0 Å². The molecule has 0 spiro atoms. The van der Waals surface area contributed by atoms with Crippen LogP contribution in [-0.2, 0) is 16.2 Å². The van der Waals surface area contributed by atoms with Crippen molar-refractivity contribution in [2.75, 3.05) is 5.43 Å². The number of hydrogen-bond acceptors (Lipinski definition) is 5. The number of rotatable bonds is 6. The Hall–Kier alpha value is -3.45. The minimum Gasteiger partial charge on any atom is -0.274 e. The molecule has 0 saturated carbocycles. The summed E-state index contributed by atoms with van der Waals surface area (Å²) in [7, 11) is 0. The summed E-state index contributed by atoms with van der Waals surface area (Å²) in [6.07, 6.45) is 0. The fraction of sp³-hybridized carbons (Fsp3) is 0.105. The number of aromatic nitrogens is 2. The molecule has 1 amide bonds. The Labute approximate surface area is 149 Å². The summed E-state index contributed by atoms with van der Waals surface area (Å²) >= 11 is 0. The van der Waals surface area contributed by atoms with E-state index < -0.39 is 0 Å². The molecule has 0 aliphatic rings. The number of nitrogens with zero attached hydrogens (tertiary/aromatic N) is 2. The lowest BCUT2D eigenvalue weighted by atomic mass is 10.2. The molecule has 2 N–H and O–H groups in total. The number of carbonyl (C=O) groups excluding carboxylic acids is 1. The highest BCUT2D eigenvalue weighted by Gasteiger charge is 2.12. The van der Waals surface area contributed by atoms with Crippen molar-refractivity contribution in [1.29, 1.82) is 0 Å². The monoisotopic (exact) mass is 350 g/mol. The maximum Gasteiger partial charge on any atom is 0.280 e. The molecule has 3 aromatic rings. The van der Waals surface area contributed by atoms with E-state index in [9.17, 15) is 9.59 Å². The van der Waals surface area contributed by atoms with Gasteiger partial charge in [0, 0.05) is 6.92 Å². The van der Waals surface area contributed by atoms with Gasteiger partial charge in [0.1, 0.15) is 6.61 Å². The van der Waals surface area contributed by atoms with Crippen molar-refractivity contribution >= 4 is 22.5 Å². The van der Waals surface area contributed by atoms with Crippen molar-refractivity contribution < 1.29 is 9.63 Å². The van der Waals surface area contributed by atoms with Gasteiger partial charge in [0.15, 0.2) is 5.82 Å². The van der Waals surface area contributed by atoms with Crippen molar-refractivity contribution in [3.8, 4) is 0 Å². The Morgan fingerprint density at radius 1 is 1.15 bits per heavy atom. The van der Waals surface area contributed by atoms with E-state index in [0.717, 1.165) is 10.2 Å². The number of hydrogen-bond donors (Lipinski definition) is 2. The van der Waals surface area contributed by atoms with Crippen molar-refractivity contribution in [1.82, 2.24) is 15.1 Å². The zero-order valence-corrected chi connectivity index (χ0v) is 14.2. The average molecular weight is 350 g/mol. The lowest BCUT2D eigenvalue weighted by molar-refractivity contribution is -0.115. The zero-order chi connectivity index (χ0) is 18.5. The summed E-state index contributed by atoms with van der Waals surface area (Å²) in [5.41, 5.74) is 6.81. The van der Waals surface area contributed by atoms with Gasteiger partial charge in [0.2, 0.25) is 5.91 Å². The molecular weight excluding hydrogens is 332 g/mol. The first-order valence-corrected chi connectivity index (χ1v) is 7.96. The largest absolute Gasteiger partial charge is 0.280 e. The second kappa shape index (κ2) is 7.62. The van der Waals surface area contributed by atoms with Crippen molar-refractivity contribution in [3.63, 3.8) is 0 Å². The third-order valence-electron chi connectivity index (χ3n) is 3.63. The second-order valence-corrected chi connectivity index (χ2v) is 5.59. The van der Waals surface area contributed by atoms with Gasteiger partial charge in [0.05, 0.1) is 16.6 Å². The Kier molecular flexibility index (Phi) is 5.09. The molecule has 0 atom stereocenters. The molecule has 0 unspecified atom stereocenters. The summed E-state index contributed by atoms with van der Waals surface area (Å²) in [4.78, 5) is 33.9. The first-order chi connectivity index (χ1) is 12.6. The standard InChI is InChI=1S/C19H18N4O3/c1-13(15-8-4-3-5-9-15)22-26-12-18-20-17-11-7-6-10-16(17)19(25)23(18)21-14(2)24/h3-11,22H,1,12H2,2H3,(H,21,24). The summed E-state index contributed by atoms with van der Waals surface area (Å²) in [5.74, 6) is -0.121. The first kappa shape index (κ1) is 17.4. The lowest BCUT2D eigenvalue weighted by Gasteiger charge is -2.14. The van der Waals surface area contributed by atoms with Gasteiger partial charge >= 0.3 is 0 Å². The number of nitrogens with one attached hydrogen (secondary N) is 2. The zero-order valence-electron chi connectivity index (χ0n) is 14.2. The van der Waals surface area contributed by atoms with Gasteiger partial charge in [-0.05, 0) is 17.7 Å². The summed E-state index contributed by atoms with van der Waals surface area (Å²) in [5, 5.41) is 0.409. The third-order valence-corrected chi connectivity index (χ3v) is 3.63. The summed E-state index contributed by atoms with van der Waals surface area (Å²) < 4.78 is 1.09. The quantitative estimate of drug-likeness (QED) is 0.666. The topological polar surface area (TPSA) is 85.2 Å². The van der Waals surface area contributed by atoms with Crippen LogP contribution in [0.25, 0.3) is 16.6 Å². The van der Waals surface area contributed by atoms with Crippen LogP contribution < -0.4 is 16.5 Å². The smallest absolute Gasteiger partial charge is 0.274 e. The van der Waals surface area contributed by atoms with E-state index in [1.165, 1.54) is 6.92 Å². The van der Waals surface area contributed by atoms with Crippen LogP contribution in [0.1, 0.15) is 18.3 Å². The van der Waals surface area contributed by atoms with E-state index in [2.05, 4.69) is 22.5 Å². The highest BCUT2D eigenvalue weighted by Crippen LogP contribution is 2.10. The minimum atomic E-state index is -0.382. The van der Waals surface area contributed by atoms with Gasteiger partial charge in [-0.1, -0.05) is 49.0 Å². The van der Waals surface area contributed by atoms with Crippen molar-refractivity contribution in [2.45, 2.75) is 13.5 Å². The SMILES string of the molecule is C=C(NOCc1nc2ccccc2c(=O)n1NC(C)=O)c1ccccc1. The van der Waals surface area contributed by atoms with E-state index in [4.69, 9.17) is 4.84 Å². The Morgan fingerprint density at radius 3 is 2.58 bits per heavy atom. The molecule has 3 rings (SSSR count). The molecule has 26 heavy (non-hydrogen) atoms. The number of para-hydroxylation sites is 1. The van der Waals surface area contributed by atoms with E-state index in [1.54, 1.807) is 24.3 Å². The van der Waals surface area contributed by atoms with Gasteiger partial charge in [-0.3, -0.25) is 25.3 Å². The maximum atomic E-state index is 12.6. The molecule has 0 saturated heterocycles. The van der Waals surface area contributed by atoms with Gasteiger partial charge in [-0.2, -0.15) is 4.68 Å². The molecule has 0 fully saturated rings. The minimum absolute atomic E-state index is 0.0494. The van der Waals surface area contributed by atoms with Gasteiger partial charge < -0.3 is 0 Å². The summed E-state index contributed by atoms with van der Waals surface area (Å²) in [6.45, 7) is 5.17. The molecule has 0 radical (unpaired) electrons. The molecular formula is C19H18N4O3. The van der Waals surface area contributed by atoms with Gasteiger partial charge in [-0.15, -0.1) is 0 Å². The molecule has 0 bridgehead atoms. The highest BCUT2D eigenvalue weighted by atomic mass is 16.6. The number of benzene rings is 2. The number of carbonyl (C=O) groups is 1. The number of amides is 1. The van der Waals surface area contributed by atoms with Crippen molar-refractivity contribution in [3.05, 3.63) is 82.9 Å². The predicted octanol–water partition coefficient (Wildman–Crippen LogP) is 2.18. The first-order valence-electron chi connectivity index (χ1n) is 7.96. The molecule has 7 heteroatoms. The van der Waals surface area contributed by atoms with Crippen LogP contribution in [0.3, 0.4) is 0 Å². The fourth-order valence-corrected chi connectivity index (χ4v) is 2.43. The molecule has 0 aliphatic heterocycles. The highest BCUT2D eigenvalue weighted by molar-refractivity contribution is 5.82. The van der Waals surface area contributed by atoms with Crippen LogP contribution in [0.5, 0.6) is 0 Å². The van der Waals surface area contributed by atoms with E-state index in [1.807, 2.05) is 30.3 Å². The van der Waals surface area contributed by atoms with E-state index in [0.29, 0.717) is 16.6 Å². The van der Waals surface area contributed by atoms with Crippen LogP contribution in [0, 0.1) is 0 Å². The van der Waals surface area contributed by atoms with Crippen LogP contribution in [0.4, 0.5) is 0 Å². The Balaban J connectivity index is 1.83. The average Bonchev–Trinajstić information content (AvgIpc) is 2.65. The van der Waals surface area contributed by atoms with Crippen LogP contribution in [0.15, 0.2) is 66.0 Å². The van der Waals surface area contributed by atoms with Crippen molar-refractivity contribution in [2.24, 2.45) is 0 Å². The third kappa shape index (κ3) is 3.79. The van der Waals surface area contributed by atoms with Crippen LogP contribution in [0.2, 0.25) is 0 Å². The molecule has 132 valence electrons. The van der Waals surface area contributed by atoms with Gasteiger partial charge in [0.25, 0.3) is 5.56 Å². The van der Waals surface area contributed by atoms with Crippen LogP contribution >= 0.6 is 0 Å². The maximum absolute atomic E-state index is 12.6. The molecule has 2 aromatic carbocycles. The molecule has 1 heterocycles. The Bertz CT molecular complexity index is 1010. The van der Waals surface area contributed by atoms with Crippen LogP contribution in [-0.4, -0.2) is 15.6 Å². The normalized spacial score (nSPS) is 10.5. The lowest BCUT2D eigenvalue weighted by Crippen LogP contribution is -2.36. The van der Waals surface area contributed by atoms with Gasteiger partial charge in [-0.25, -0.2) is 4.98 Å². The number of fused-ring (bicyclic) bond motifs is 1. The second-order valence-electron chi connectivity index (χ2n) is 5.59. The molecule has 7 nitrogen and oxygen atoms in total. The predicted molar refractivity (Wildman–Crippen MR) is 99.4 cm³/mol. The Morgan fingerprint density at radius 2 is 1.85 bits per heavy atom. The van der Waals surface area contributed by atoms with E-state index in [-0.39, 0.29) is 23.9 Å². The summed E-state index contributed by atoms with van der Waals surface area (Å²) in [6, 6.07) is 16.4. The molecule has 0 aliphatic carbocycles. The molecule has 1 aromatic heterocycles.